The molecule has 146 valence electrons. The molecule has 0 unspecified atom stereocenters. The highest BCUT2D eigenvalue weighted by atomic mass is 31.2. The van der Waals surface area contributed by atoms with Gasteiger partial charge in [-0.3, -0.25) is 14.3 Å². The van der Waals surface area contributed by atoms with Crippen molar-refractivity contribution in [2.75, 3.05) is 6.73 Å². The van der Waals surface area contributed by atoms with Crippen molar-refractivity contribution in [1.29, 1.82) is 0 Å². The molecule has 14 heteroatoms. The van der Waals surface area contributed by atoms with Crippen LogP contribution in [0.3, 0.4) is 0 Å². The van der Waals surface area contributed by atoms with Crippen LogP contribution >= 0.6 is 7.82 Å². The minimum atomic E-state index is -4.84. The van der Waals surface area contributed by atoms with Crippen LogP contribution in [0.1, 0.15) is 11.4 Å². The number of carbonyl (C=O) groups excluding carboxylic acids is 1. The summed E-state index contributed by atoms with van der Waals surface area (Å²) in [6.45, 7) is -1.25. The first-order chi connectivity index (χ1) is 12.5. The SMILES string of the molecule is O=CN(COP(=O)(O)O)Cc1cc(-c2cnc(C(F)(F)F)nc2)ncc1F. The minimum absolute atomic E-state index is 0.0295. The van der Waals surface area contributed by atoms with Crippen LogP contribution in [0.25, 0.3) is 11.3 Å². The molecule has 0 aliphatic heterocycles. The average Bonchev–Trinajstić information content (AvgIpc) is 2.58. The molecule has 2 heterocycles. The molecule has 2 rings (SSSR count). The molecule has 0 aliphatic carbocycles. The van der Waals surface area contributed by atoms with Gasteiger partial charge in [-0.2, -0.15) is 13.2 Å². The van der Waals surface area contributed by atoms with E-state index >= 15 is 0 Å². The summed E-state index contributed by atoms with van der Waals surface area (Å²) in [5.74, 6) is -2.20. The van der Waals surface area contributed by atoms with Gasteiger partial charge in [0.1, 0.15) is 12.5 Å². The molecule has 0 aliphatic rings. The summed E-state index contributed by atoms with van der Waals surface area (Å²) >= 11 is 0. The molecular weight excluding hydrogens is 399 g/mol. The number of pyridine rings is 1. The molecule has 0 aromatic carbocycles. The van der Waals surface area contributed by atoms with Gasteiger partial charge in [0.05, 0.1) is 18.4 Å². The number of aromatic nitrogens is 3. The van der Waals surface area contributed by atoms with Crippen LogP contribution in [0, 0.1) is 5.82 Å². The Hall–Kier alpha value is -2.47. The molecule has 0 saturated heterocycles. The summed E-state index contributed by atoms with van der Waals surface area (Å²) in [6.07, 6.45) is -2.06. The number of halogens is 4. The van der Waals surface area contributed by atoms with Crippen LogP contribution in [0.5, 0.6) is 0 Å². The first kappa shape index (κ1) is 20.8. The van der Waals surface area contributed by atoms with Gasteiger partial charge in [0.15, 0.2) is 0 Å². The highest BCUT2D eigenvalue weighted by Gasteiger charge is 2.34. The number of phosphoric acid groups is 1. The molecule has 0 saturated carbocycles. The Morgan fingerprint density at radius 1 is 1.19 bits per heavy atom. The Kier molecular flexibility index (Phi) is 6.21. The lowest BCUT2D eigenvalue weighted by molar-refractivity contribution is -0.145. The van der Waals surface area contributed by atoms with Crippen LogP contribution in [-0.2, 0) is 26.6 Å². The van der Waals surface area contributed by atoms with Crippen molar-refractivity contribution < 1.29 is 41.2 Å². The maximum atomic E-state index is 13.9. The Morgan fingerprint density at radius 2 is 1.81 bits per heavy atom. The van der Waals surface area contributed by atoms with Gasteiger partial charge in [-0.05, 0) is 6.07 Å². The smallest absolute Gasteiger partial charge is 0.317 e. The van der Waals surface area contributed by atoms with Gasteiger partial charge < -0.3 is 14.7 Å². The van der Waals surface area contributed by atoms with E-state index < -0.39 is 38.9 Å². The first-order valence-electron chi connectivity index (χ1n) is 6.93. The molecule has 0 radical (unpaired) electrons. The average molecular weight is 410 g/mol. The lowest BCUT2D eigenvalue weighted by Crippen LogP contribution is -2.24. The molecular formula is C13H11F4N4O5P. The van der Waals surface area contributed by atoms with Crippen LogP contribution in [-0.4, -0.2) is 42.8 Å². The standard InChI is InChI=1S/C13H11F4N4O5P/c14-10-4-18-11(9-2-19-12(20-3-9)13(15,16)17)1-8(10)5-21(6-22)7-26-27(23,24)25/h1-4,6H,5,7H2,(H2,23,24,25). The molecule has 0 atom stereocenters. The van der Waals surface area contributed by atoms with Crippen molar-refractivity contribution in [2.45, 2.75) is 12.7 Å². The van der Waals surface area contributed by atoms with Crippen molar-refractivity contribution in [1.82, 2.24) is 19.9 Å². The van der Waals surface area contributed by atoms with E-state index in [1.807, 2.05) is 0 Å². The minimum Gasteiger partial charge on any atom is -0.317 e. The van der Waals surface area contributed by atoms with Crippen LogP contribution in [0.2, 0.25) is 0 Å². The van der Waals surface area contributed by atoms with Gasteiger partial charge in [-0.1, -0.05) is 0 Å². The Labute approximate surface area is 148 Å². The lowest BCUT2D eigenvalue weighted by Gasteiger charge is -2.18. The molecule has 2 aromatic rings. The second-order valence-electron chi connectivity index (χ2n) is 5.06. The third kappa shape index (κ3) is 6.03. The van der Waals surface area contributed by atoms with Crippen molar-refractivity contribution in [3.8, 4) is 11.3 Å². The third-order valence-electron chi connectivity index (χ3n) is 3.05. The van der Waals surface area contributed by atoms with Gasteiger partial charge in [-0.25, -0.2) is 18.9 Å². The van der Waals surface area contributed by atoms with Crippen molar-refractivity contribution >= 4 is 14.2 Å². The van der Waals surface area contributed by atoms with Gasteiger partial charge >= 0.3 is 14.0 Å². The van der Waals surface area contributed by atoms with Crippen LogP contribution in [0.4, 0.5) is 17.6 Å². The van der Waals surface area contributed by atoms with Gasteiger partial charge in [0, 0.05) is 23.5 Å². The van der Waals surface area contributed by atoms with E-state index in [4.69, 9.17) is 9.79 Å². The van der Waals surface area contributed by atoms with Crippen LogP contribution in [0.15, 0.2) is 24.7 Å². The number of nitrogens with zero attached hydrogens (tertiary/aromatic N) is 4. The molecule has 1 amide bonds. The van der Waals surface area contributed by atoms with Crippen molar-refractivity contribution in [3.63, 3.8) is 0 Å². The zero-order chi connectivity index (χ0) is 20.2. The summed E-state index contributed by atoms with van der Waals surface area (Å²) in [5.41, 5.74) is -0.0310. The Balaban J connectivity index is 2.22. The van der Waals surface area contributed by atoms with Crippen molar-refractivity contribution in [3.05, 3.63) is 41.9 Å². The summed E-state index contributed by atoms with van der Waals surface area (Å²) in [4.78, 5) is 39.0. The van der Waals surface area contributed by atoms with Crippen LogP contribution < -0.4 is 0 Å². The number of carbonyl (C=O) groups is 1. The summed E-state index contributed by atoms with van der Waals surface area (Å²) < 4.78 is 66.2. The van der Waals surface area contributed by atoms with E-state index in [2.05, 4.69) is 19.5 Å². The predicted octanol–water partition coefficient (Wildman–Crippen LogP) is 1.72. The molecule has 2 aromatic heterocycles. The number of rotatable bonds is 7. The quantitative estimate of drug-likeness (QED) is 0.306. The third-order valence-corrected chi connectivity index (χ3v) is 3.50. The predicted molar refractivity (Wildman–Crippen MR) is 79.8 cm³/mol. The second-order valence-corrected chi connectivity index (χ2v) is 6.29. The monoisotopic (exact) mass is 410 g/mol. The van der Waals surface area contributed by atoms with E-state index in [1.54, 1.807) is 0 Å². The van der Waals surface area contributed by atoms with Gasteiger partial charge in [0.2, 0.25) is 12.2 Å². The van der Waals surface area contributed by atoms with E-state index in [0.717, 1.165) is 29.6 Å². The molecule has 0 bridgehead atoms. The summed E-state index contributed by atoms with van der Waals surface area (Å²) in [6, 6.07) is 1.13. The molecule has 2 N–H and O–H groups in total. The fraction of sp³-hybridized carbons (Fsp3) is 0.231. The second kappa shape index (κ2) is 8.05. The fourth-order valence-electron chi connectivity index (χ4n) is 1.85. The normalized spacial score (nSPS) is 12.1. The largest absolute Gasteiger partial charge is 0.471 e. The molecule has 27 heavy (non-hydrogen) atoms. The molecule has 9 nitrogen and oxygen atoms in total. The number of hydrogen-bond donors (Lipinski definition) is 2. The number of hydrogen-bond acceptors (Lipinski definition) is 6. The zero-order valence-corrected chi connectivity index (χ0v) is 14.1. The van der Waals surface area contributed by atoms with E-state index in [-0.39, 0.29) is 23.2 Å². The fourth-order valence-corrected chi connectivity index (χ4v) is 2.15. The Morgan fingerprint density at radius 3 is 2.33 bits per heavy atom. The zero-order valence-electron chi connectivity index (χ0n) is 13.2. The highest BCUT2D eigenvalue weighted by molar-refractivity contribution is 7.46. The topological polar surface area (TPSA) is 126 Å². The number of phosphoric ester groups is 1. The number of amides is 1. The molecule has 0 spiro atoms. The lowest BCUT2D eigenvalue weighted by atomic mass is 10.1. The Bertz CT molecular complexity index is 859. The van der Waals surface area contributed by atoms with E-state index in [0.29, 0.717) is 0 Å². The highest BCUT2D eigenvalue weighted by Crippen LogP contribution is 2.35. The first-order valence-corrected chi connectivity index (χ1v) is 8.46. The maximum Gasteiger partial charge on any atom is 0.471 e. The maximum absolute atomic E-state index is 13.9. The van der Waals surface area contributed by atoms with E-state index in [9.17, 15) is 26.9 Å². The summed E-state index contributed by atoms with van der Waals surface area (Å²) in [5, 5.41) is 0. The summed E-state index contributed by atoms with van der Waals surface area (Å²) in [7, 11) is -4.84. The van der Waals surface area contributed by atoms with Crippen molar-refractivity contribution in [2.24, 2.45) is 0 Å². The van der Waals surface area contributed by atoms with Gasteiger partial charge in [0.25, 0.3) is 0 Å². The number of alkyl halides is 3. The van der Waals surface area contributed by atoms with E-state index in [1.165, 1.54) is 0 Å². The van der Waals surface area contributed by atoms with Gasteiger partial charge in [-0.15, -0.1) is 0 Å². The molecule has 0 fully saturated rings.